The van der Waals surface area contributed by atoms with Crippen LogP contribution >= 0.6 is 0 Å². The summed E-state index contributed by atoms with van der Waals surface area (Å²) in [5.74, 6) is -0.502. The molecule has 2 rings (SSSR count). The molecule has 1 saturated heterocycles. The summed E-state index contributed by atoms with van der Waals surface area (Å²) in [5.41, 5.74) is -1.47. The van der Waals surface area contributed by atoms with E-state index in [2.05, 4.69) is 0 Å². The van der Waals surface area contributed by atoms with Crippen molar-refractivity contribution in [2.45, 2.75) is 38.7 Å². The lowest BCUT2D eigenvalue weighted by Crippen LogP contribution is -2.44. The molecule has 1 N–H and O–H groups in total. The maximum Gasteiger partial charge on any atom is 0.416 e. The number of nitrogens with zero attached hydrogens (tertiary/aromatic N) is 1. The van der Waals surface area contributed by atoms with Crippen molar-refractivity contribution in [1.82, 2.24) is 4.90 Å². The number of aromatic hydroxyl groups is 1. The summed E-state index contributed by atoms with van der Waals surface area (Å²) in [5, 5.41) is 9.56. The molecular weight excluding hydrogens is 327 g/mol. The van der Waals surface area contributed by atoms with E-state index in [1.54, 1.807) is 20.8 Å². The standard InChI is InChI=1S/C16H20F3NO4/c1-15(2,3)24-14(22)20-4-5-23-13(9-20)10-6-11(16(17,18)19)8-12(21)7-10/h6-8,13,21H,4-5,9H2,1-3H3. The van der Waals surface area contributed by atoms with Crippen LogP contribution < -0.4 is 0 Å². The predicted molar refractivity (Wildman–Crippen MR) is 79.6 cm³/mol. The minimum Gasteiger partial charge on any atom is -0.508 e. The number of carbonyl (C=O) groups excluding carboxylic acids is 1. The molecule has 1 atom stereocenters. The number of phenols is 1. The molecule has 134 valence electrons. The number of morpholine rings is 1. The lowest BCUT2D eigenvalue weighted by atomic mass is 10.0. The van der Waals surface area contributed by atoms with Crippen LogP contribution in [0.25, 0.3) is 0 Å². The summed E-state index contributed by atoms with van der Waals surface area (Å²) in [7, 11) is 0. The van der Waals surface area contributed by atoms with Crippen LogP contribution in [0.1, 0.15) is 38.0 Å². The smallest absolute Gasteiger partial charge is 0.416 e. The number of carbonyl (C=O) groups is 1. The zero-order valence-electron chi connectivity index (χ0n) is 13.7. The molecule has 0 spiro atoms. The predicted octanol–water partition coefficient (Wildman–Crippen LogP) is 3.72. The summed E-state index contributed by atoms with van der Waals surface area (Å²) in [6, 6.07) is 2.78. The first kappa shape index (κ1) is 18.4. The third-order valence-electron chi connectivity index (χ3n) is 3.36. The quantitative estimate of drug-likeness (QED) is 0.841. The fraction of sp³-hybridized carbons (Fsp3) is 0.562. The monoisotopic (exact) mass is 347 g/mol. The molecule has 0 radical (unpaired) electrons. The van der Waals surface area contributed by atoms with Crippen LogP contribution in [0.15, 0.2) is 18.2 Å². The van der Waals surface area contributed by atoms with E-state index in [9.17, 15) is 23.1 Å². The van der Waals surface area contributed by atoms with Crippen LogP contribution in [-0.2, 0) is 15.7 Å². The second-order valence-corrected chi connectivity index (χ2v) is 6.60. The Morgan fingerprint density at radius 1 is 1.29 bits per heavy atom. The Balaban J connectivity index is 2.18. The molecule has 1 aromatic rings. The van der Waals surface area contributed by atoms with Gasteiger partial charge in [0.05, 0.1) is 18.7 Å². The summed E-state index contributed by atoms with van der Waals surface area (Å²) in [4.78, 5) is 13.5. The summed E-state index contributed by atoms with van der Waals surface area (Å²) in [6.45, 7) is 5.70. The number of ether oxygens (including phenoxy) is 2. The van der Waals surface area contributed by atoms with Gasteiger partial charge in [0.2, 0.25) is 0 Å². The van der Waals surface area contributed by atoms with Gasteiger partial charge in [0.15, 0.2) is 0 Å². The molecule has 24 heavy (non-hydrogen) atoms. The fourth-order valence-electron chi connectivity index (χ4n) is 2.33. The topological polar surface area (TPSA) is 59.0 Å². The summed E-state index contributed by atoms with van der Waals surface area (Å²) >= 11 is 0. The van der Waals surface area contributed by atoms with E-state index in [-0.39, 0.29) is 25.3 Å². The van der Waals surface area contributed by atoms with Gasteiger partial charge >= 0.3 is 12.3 Å². The van der Waals surface area contributed by atoms with Crippen LogP contribution in [0.3, 0.4) is 0 Å². The molecule has 0 aromatic heterocycles. The van der Waals surface area contributed by atoms with Crippen molar-refractivity contribution in [2.75, 3.05) is 19.7 Å². The number of hydrogen-bond donors (Lipinski definition) is 1. The maximum absolute atomic E-state index is 12.9. The largest absolute Gasteiger partial charge is 0.508 e. The molecule has 0 bridgehead atoms. The molecule has 1 unspecified atom stereocenters. The Hall–Kier alpha value is -1.96. The normalized spacial score (nSPS) is 19.2. The highest BCUT2D eigenvalue weighted by Crippen LogP contribution is 2.35. The SMILES string of the molecule is CC(C)(C)OC(=O)N1CCOC(c2cc(O)cc(C(F)(F)F)c2)C1. The number of alkyl halides is 3. The average Bonchev–Trinajstić information content (AvgIpc) is 2.44. The van der Waals surface area contributed by atoms with Crippen molar-refractivity contribution in [3.63, 3.8) is 0 Å². The lowest BCUT2D eigenvalue weighted by molar-refractivity contribution is -0.137. The Morgan fingerprint density at radius 2 is 1.96 bits per heavy atom. The van der Waals surface area contributed by atoms with Crippen LogP contribution in [0.2, 0.25) is 0 Å². The van der Waals surface area contributed by atoms with Gasteiger partial charge in [-0.3, -0.25) is 0 Å². The number of hydrogen-bond acceptors (Lipinski definition) is 4. The third-order valence-corrected chi connectivity index (χ3v) is 3.36. The van der Waals surface area contributed by atoms with E-state index >= 15 is 0 Å². The van der Waals surface area contributed by atoms with E-state index in [4.69, 9.17) is 9.47 Å². The van der Waals surface area contributed by atoms with Crippen molar-refractivity contribution in [3.05, 3.63) is 29.3 Å². The Bertz CT molecular complexity index is 610. The van der Waals surface area contributed by atoms with Gasteiger partial charge in [0.1, 0.15) is 17.5 Å². The van der Waals surface area contributed by atoms with E-state index in [1.165, 1.54) is 11.0 Å². The molecule has 8 heteroatoms. The molecule has 1 aliphatic heterocycles. The first-order chi connectivity index (χ1) is 11.0. The van der Waals surface area contributed by atoms with E-state index in [0.717, 1.165) is 6.07 Å². The molecule has 1 aromatic carbocycles. The second kappa shape index (κ2) is 6.51. The Morgan fingerprint density at radius 3 is 2.54 bits per heavy atom. The van der Waals surface area contributed by atoms with Gasteiger partial charge in [-0.1, -0.05) is 0 Å². The second-order valence-electron chi connectivity index (χ2n) is 6.60. The highest BCUT2D eigenvalue weighted by atomic mass is 19.4. The van der Waals surface area contributed by atoms with Crippen LogP contribution in [-0.4, -0.2) is 41.4 Å². The zero-order valence-corrected chi connectivity index (χ0v) is 13.7. The molecule has 1 aliphatic rings. The fourth-order valence-corrected chi connectivity index (χ4v) is 2.33. The number of halogens is 3. The molecule has 1 fully saturated rings. The highest BCUT2D eigenvalue weighted by Gasteiger charge is 2.34. The maximum atomic E-state index is 12.9. The van der Waals surface area contributed by atoms with Gasteiger partial charge in [0, 0.05) is 6.54 Å². The number of benzene rings is 1. The Kier molecular flexibility index (Phi) is 4.98. The number of phenolic OH excluding ortho intramolecular Hbond substituents is 1. The van der Waals surface area contributed by atoms with Crippen LogP contribution in [0.4, 0.5) is 18.0 Å². The van der Waals surface area contributed by atoms with Gasteiger partial charge in [-0.15, -0.1) is 0 Å². The average molecular weight is 347 g/mol. The van der Waals surface area contributed by atoms with Crippen molar-refractivity contribution in [3.8, 4) is 5.75 Å². The lowest BCUT2D eigenvalue weighted by Gasteiger charge is -2.34. The molecule has 5 nitrogen and oxygen atoms in total. The van der Waals surface area contributed by atoms with Gasteiger partial charge in [0.25, 0.3) is 0 Å². The summed E-state index contributed by atoms with van der Waals surface area (Å²) in [6.07, 6.45) is -5.89. The van der Waals surface area contributed by atoms with Crippen molar-refractivity contribution in [1.29, 1.82) is 0 Å². The first-order valence-corrected chi connectivity index (χ1v) is 7.46. The first-order valence-electron chi connectivity index (χ1n) is 7.46. The van der Waals surface area contributed by atoms with Crippen molar-refractivity contribution >= 4 is 6.09 Å². The van der Waals surface area contributed by atoms with Gasteiger partial charge in [-0.25, -0.2) is 4.79 Å². The zero-order chi connectivity index (χ0) is 18.1. The summed E-state index contributed by atoms with van der Waals surface area (Å²) < 4.78 is 49.3. The van der Waals surface area contributed by atoms with Crippen molar-refractivity contribution in [2.24, 2.45) is 0 Å². The number of amides is 1. The van der Waals surface area contributed by atoms with Gasteiger partial charge < -0.3 is 19.5 Å². The van der Waals surface area contributed by atoms with Crippen LogP contribution in [0.5, 0.6) is 5.75 Å². The molecular formula is C16H20F3NO4. The minimum atomic E-state index is -4.58. The van der Waals surface area contributed by atoms with Crippen LogP contribution in [0, 0.1) is 0 Å². The van der Waals surface area contributed by atoms with E-state index in [1.807, 2.05) is 0 Å². The van der Waals surface area contributed by atoms with Crippen molar-refractivity contribution < 1.29 is 32.5 Å². The van der Waals surface area contributed by atoms with E-state index < -0.39 is 35.3 Å². The Labute approximate surface area is 138 Å². The van der Waals surface area contributed by atoms with E-state index in [0.29, 0.717) is 6.07 Å². The highest BCUT2D eigenvalue weighted by molar-refractivity contribution is 5.68. The number of rotatable bonds is 1. The van der Waals surface area contributed by atoms with Gasteiger partial charge in [-0.2, -0.15) is 13.2 Å². The van der Waals surface area contributed by atoms with Gasteiger partial charge in [-0.05, 0) is 44.5 Å². The molecule has 1 heterocycles. The molecule has 0 saturated carbocycles. The molecule has 0 aliphatic carbocycles. The third kappa shape index (κ3) is 4.77. The minimum absolute atomic E-state index is 0.0513. The molecule has 1 amide bonds.